The Hall–Kier alpha value is -2.64. The average Bonchev–Trinajstić information content (AvgIpc) is 2.72. The number of rotatable bonds is 2. The first-order valence-electron chi connectivity index (χ1n) is 8.80. The van der Waals surface area contributed by atoms with Crippen molar-refractivity contribution in [3.8, 4) is 0 Å². The molecule has 0 bridgehead atoms. The fraction of sp³-hybridized carbons (Fsp3) is 0.200. The molecule has 0 unspecified atom stereocenters. The van der Waals surface area contributed by atoms with Gasteiger partial charge in [0, 0.05) is 24.7 Å². The van der Waals surface area contributed by atoms with Crippen LogP contribution in [0.15, 0.2) is 58.3 Å². The average molecular weight is 413 g/mol. The minimum absolute atomic E-state index is 0.231. The van der Waals surface area contributed by atoms with Crippen LogP contribution in [0.3, 0.4) is 0 Å². The van der Waals surface area contributed by atoms with E-state index in [0.29, 0.717) is 33.2 Å². The van der Waals surface area contributed by atoms with Crippen LogP contribution < -0.4 is 5.56 Å². The van der Waals surface area contributed by atoms with Gasteiger partial charge in [0.2, 0.25) is 0 Å². The number of nitrogens with zero attached hydrogens (tertiary/aromatic N) is 4. The van der Waals surface area contributed by atoms with Crippen molar-refractivity contribution in [2.45, 2.75) is 6.42 Å². The van der Waals surface area contributed by atoms with Gasteiger partial charge >= 0.3 is 0 Å². The SMILES string of the molecule is Cn1nc(C(=O)N2CCCSC2=Nc2ccccc2Cl)c2ccccc2c1=O. The predicted octanol–water partition coefficient (Wildman–Crippen LogP) is 3.85. The second-order valence-electron chi connectivity index (χ2n) is 6.33. The standard InChI is InChI=1S/C20H17ClN4O2S/c1-24-18(26)14-8-3-2-7-13(14)17(23-24)19(27)25-11-6-12-28-20(25)22-16-10-5-4-9-15(16)21/h2-5,7-10H,6,11-12H2,1H3. The summed E-state index contributed by atoms with van der Waals surface area (Å²) in [7, 11) is 1.55. The third-order valence-electron chi connectivity index (χ3n) is 4.46. The van der Waals surface area contributed by atoms with Gasteiger partial charge in [-0.2, -0.15) is 5.10 Å². The Morgan fingerprint density at radius 3 is 2.64 bits per heavy atom. The Kier molecular flexibility index (Phi) is 5.19. The minimum Gasteiger partial charge on any atom is -0.286 e. The third-order valence-corrected chi connectivity index (χ3v) is 5.84. The van der Waals surface area contributed by atoms with Crippen molar-refractivity contribution in [2.75, 3.05) is 12.3 Å². The topological polar surface area (TPSA) is 67.6 Å². The highest BCUT2D eigenvalue weighted by molar-refractivity contribution is 8.13. The summed E-state index contributed by atoms with van der Waals surface area (Å²) in [4.78, 5) is 32.0. The van der Waals surface area contributed by atoms with Gasteiger partial charge in [-0.3, -0.25) is 14.5 Å². The molecule has 6 nitrogen and oxygen atoms in total. The molecule has 1 aliphatic rings. The van der Waals surface area contributed by atoms with Crippen LogP contribution in [-0.4, -0.2) is 38.1 Å². The Bertz CT molecular complexity index is 1160. The zero-order valence-electron chi connectivity index (χ0n) is 15.1. The van der Waals surface area contributed by atoms with E-state index in [-0.39, 0.29) is 17.2 Å². The van der Waals surface area contributed by atoms with Gasteiger partial charge in [0.1, 0.15) is 0 Å². The summed E-state index contributed by atoms with van der Waals surface area (Å²) < 4.78 is 1.21. The molecular formula is C20H17ClN4O2S. The number of halogens is 1. The van der Waals surface area contributed by atoms with Gasteiger partial charge in [-0.05, 0) is 24.6 Å². The molecule has 1 fully saturated rings. The Balaban J connectivity index is 1.80. The highest BCUT2D eigenvalue weighted by Crippen LogP contribution is 2.29. The number of benzene rings is 2. The van der Waals surface area contributed by atoms with Crippen molar-refractivity contribution < 1.29 is 4.79 Å². The second-order valence-corrected chi connectivity index (χ2v) is 7.80. The fourth-order valence-electron chi connectivity index (χ4n) is 3.07. The van der Waals surface area contributed by atoms with E-state index in [0.717, 1.165) is 12.2 Å². The first-order chi connectivity index (χ1) is 13.6. The summed E-state index contributed by atoms with van der Waals surface area (Å²) in [5, 5.41) is 6.39. The summed E-state index contributed by atoms with van der Waals surface area (Å²) in [5.74, 6) is 0.596. The normalized spacial score (nSPS) is 15.9. The van der Waals surface area contributed by atoms with Gasteiger partial charge in [0.15, 0.2) is 10.9 Å². The molecule has 0 atom stereocenters. The van der Waals surface area contributed by atoms with Crippen LogP contribution in [0, 0.1) is 0 Å². The summed E-state index contributed by atoms with van der Waals surface area (Å²) in [5.41, 5.74) is 0.627. The number of carbonyl (C=O) groups is 1. The molecule has 1 aliphatic heterocycles. The highest BCUT2D eigenvalue weighted by atomic mass is 35.5. The fourth-order valence-corrected chi connectivity index (χ4v) is 4.20. The number of carbonyl (C=O) groups excluding carboxylic acids is 1. The summed E-state index contributed by atoms with van der Waals surface area (Å²) in [6.07, 6.45) is 0.849. The van der Waals surface area contributed by atoms with Crippen LogP contribution in [0.25, 0.3) is 10.8 Å². The molecule has 2 aromatic carbocycles. The van der Waals surface area contributed by atoms with E-state index in [4.69, 9.17) is 11.6 Å². The quantitative estimate of drug-likeness (QED) is 0.641. The first kappa shape index (κ1) is 18.7. The Labute approximate surface area is 170 Å². The molecule has 28 heavy (non-hydrogen) atoms. The molecule has 0 N–H and O–H groups in total. The number of aliphatic imine (C=N–C) groups is 1. The number of para-hydroxylation sites is 1. The van der Waals surface area contributed by atoms with Gasteiger partial charge in [-0.15, -0.1) is 0 Å². The molecule has 1 amide bonds. The van der Waals surface area contributed by atoms with Crippen molar-refractivity contribution in [3.63, 3.8) is 0 Å². The molecule has 2 heterocycles. The first-order valence-corrected chi connectivity index (χ1v) is 10.2. The minimum atomic E-state index is -0.273. The van der Waals surface area contributed by atoms with E-state index in [1.54, 1.807) is 42.3 Å². The lowest BCUT2D eigenvalue weighted by Crippen LogP contribution is -2.40. The number of aromatic nitrogens is 2. The predicted molar refractivity (Wildman–Crippen MR) is 114 cm³/mol. The summed E-state index contributed by atoms with van der Waals surface area (Å²) >= 11 is 7.74. The van der Waals surface area contributed by atoms with E-state index in [1.165, 1.54) is 16.4 Å². The van der Waals surface area contributed by atoms with Gasteiger partial charge in [-0.25, -0.2) is 9.67 Å². The van der Waals surface area contributed by atoms with Crippen LogP contribution in [0.5, 0.6) is 0 Å². The number of amidine groups is 1. The molecule has 4 rings (SSSR count). The van der Waals surface area contributed by atoms with Crippen LogP contribution in [0.1, 0.15) is 16.9 Å². The lowest BCUT2D eigenvalue weighted by atomic mass is 10.1. The maximum Gasteiger partial charge on any atom is 0.280 e. The van der Waals surface area contributed by atoms with Gasteiger partial charge in [-0.1, -0.05) is 53.7 Å². The van der Waals surface area contributed by atoms with Crippen molar-refractivity contribution in [3.05, 3.63) is 69.6 Å². The van der Waals surface area contributed by atoms with E-state index < -0.39 is 0 Å². The van der Waals surface area contributed by atoms with E-state index in [9.17, 15) is 9.59 Å². The number of aryl methyl sites for hydroxylation is 1. The highest BCUT2D eigenvalue weighted by Gasteiger charge is 2.28. The largest absolute Gasteiger partial charge is 0.286 e. The lowest BCUT2D eigenvalue weighted by Gasteiger charge is -2.27. The Morgan fingerprint density at radius 2 is 1.86 bits per heavy atom. The second kappa shape index (κ2) is 7.77. The maximum absolute atomic E-state index is 13.4. The van der Waals surface area contributed by atoms with Gasteiger partial charge in [0.25, 0.3) is 11.5 Å². The maximum atomic E-state index is 13.4. The molecule has 8 heteroatoms. The molecule has 0 aliphatic carbocycles. The van der Waals surface area contributed by atoms with Crippen molar-refractivity contribution >= 4 is 50.9 Å². The number of hydrogen-bond donors (Lipinski definition) is 0. The van der Waals surface area contributed by atoms with Gasteiger partial charge < -0.3 is 0 Å². The van der Waals surface area contributed by atoms with Crippen LogP contribution in [0.4, 0.5) is 5.69 Å². The molecule has 0 radical (unpaired) electrons. The summed E-state index contributed by atoms with van der Waals surface area (Å²) in [6, 6.07) is 14.3. The number of thioether (sulfide) groups is 1. The zero-order chi connectivity index (χ0) is 19.7. The molecular weight excluding hydrogens is 396 g/mol. The van der Waals surface area contributed by atoms with Crippen LogP contribution >= 0.6 is 23.4 Å². The van der Waals surface area contributed by atoms with E-state index in [1.807, 2.05) is 18.2 Å². The monoisotopic (exact) mass is 412 g/mol. The molecule has 1 aromatic heterocycles. The van der Waals surface area contributed by atoms with Crippen molar-refractivity contribution in [2.24, 2.45) is 12.0 Å². The number of fused-ring (bicyclic) bond motifs is 1. The molecule has 142 valence electrons. The molecule has 3 aromatic rings. The summed E-state index contributed by atoms with van der Waals surface area (Å²) in [6.45, 7) is 0.536. The van der Waals surface area contributed by atoms with Crippen molar-refractivity contribution in [1.82, 2.24) is 14.7 Å². The number of hydrogen-bond acceptors (Lipinski definition) is 5. The van der Waals surface area contributed by atoms with Crippen LogP contribution in [-0.2, 0) is 7.05 Å². The molecule has 1 saturated heterocycles. The molecule has 0 spiro atoms. The lowest BCUT2D eigenvalue weighted by molar-refractivity contribution is 0.0843. The third kappa shape index (κ3) is 3.43. The van der Waals surface area contributed by atoms with E-state index >= 15 is 0 Å². The molecule has 0 saturated carbocycles. The van der Waals surface area contributed by atoms with Crippen molar-refractivity contribution in [1.29, 1.82) is 0 Å². The van der Waals surface area contributed by atoms with E-state index in [2.05, 4.69) is 10.1 Å². The zero-order valence-corrected chi connectivity index (χ0v) is 16.7. The smallest absolute Gasteiger partial charge is 0.280 e. The number of amides is 1. The van der Waals surface area contributed by atoms with Gasteiger partial charge in [0.05, 0.1) is 16.1 Å². The van der Waals surface area contributed by atoms with Crippen LogP contribution in [0.2, 0.25) is 5.02 Å². The Morgan fingerprint density at radius 1 is 1.14 bits per heavy atom.